The maximum Gasteiger partial charge on any atom is 0.00699 e. The molecular formula is C14H26N2. The van der Waals surface area contributed by atoms with Gasteiger partial charge in [0.25, 0.3) is 0 Å². The van der Waals surface area contributed by atoms with Crippen molar-refractivity contribution in [2.75, 3.05) is 0 Å². The van der Waals surface area contributed by atoms with E-state index in [0.717, 1.165) is 23.7 Å². The summed E-state index contributed by atoms with van der Waals surface area (Å²) in [5.74, 6) is 3.88. The van der Waals surface area contributed by atoms with E-state index < -0.39 is 0 Å². The lowest BCUT2D eigenvalue weighted by atomic mass is 9.96. The van der Waals surface area contributed by atoms with Crippen molar-refractivity contribution in [1.82, 2.24) is 0 Å². The number of hydrogen-bond acceptors (Lipinski definition) is 2. The predicted octanol–water partition coefficient (Wildman–Crippen LogP) is 2.27. The molecule has 92 valence electrons. The molecule has 0 aromatic carbocycles. The van der Waals surface area contributed by atoms with Crippen molar-refractivity contribution >= 4 is 0 Å². The Labute approximate surface area is 99.1 Å². The van der Waals surface area contributed by atoms with Gasteiger partial charge in [-0.1, -0.05) is 12.8 Å². The molecule has 4 bridgehead atoms. The maximum absolute atomic E-state index is 5.82. The average molecular weight is 222 g/mol. The molecule has 2 heteroatoms. The maximum atomic E-state index is 5.82. The van der Waals surface area contributed by atoms with Gasteiger partial charge in [-0.05, 0) is 62.2 Å². The molecule has 0 saturated heterocycles. The number of nitrogens with two attached hydrogens (primary N) is 2. The van der Waals surface area contributed by atoms with Crippen LogP contribution in [-0.2, 0) is 0 Å². The SMILES string of the molecule is NC1CC2CCC1C2.NC1CC2CCC1C2. The lowest BCUT2D eigenvalue weighted by Crippen LogP contribution is -2.26. The first-order valence-electron chi connectivity index (χ1n) is 7.23. The van der Waals surface area contributed by atoms with Crippen molar-refractivity contribution in [1.29, 1.82) is 0 Å². The van der Waals surface area contributed by atoms with Crippen LogP contribution in [-0.4, -0.2) is 12.1 Å². The lowest BCUT2D eigenvalue weighted by Gasteiger charge is -2.15. The Bertz CT molecular complexity index is 223. The topological polar surface area (TPSA) is 52.0 Å². The van der Waals surface area contributed by atoms with E-state index in [-0.39, 0.29) is 0 Å². The monoisotopic (exact) mass is 222 g/mol. The van der Waals surface area contributed by atoms with Crippen LogP contribution in [0, 0.1) is 23.7 Å². The highest BCUT2D eigenvalue weighted by Gasteiger charge is 2.37. The van der Waals surface area contributed by atoms with Crippen molar-refractivity contribution in [3.8, 4) is 0 Å². The zero-order valence-electron chi connectivity index (χ0n) is 10.3. The normalized spacial score (nSPS) is 52.9. The molecule has 0 heterocycles. The summed E-state index contributed by atoms with van der Waals surface area (Å²) in [6, 6.07) is 1.16. The second kappa shape index (κ2) is 4.30. The van der Waals surface area contributed by atoms with E-state index in [4.69, 9.17) is 11.5 Å². The zero-order chi connectivity index (χ0) is 11.1. The average Bonchev–Trinajstić information content (AvgIpc) is 2.94. The minimum absolute atomic E-state index is 0.578. The van der Waals surface area contributed by atoms with Gasteiger partial charge in [0, 0.05) is 12.1 Å². The van der Waals surface area contributed by atoms with E-state index in [9.17, 15) is 0 Å². The summed E-state index contributed by atoms with van der Waals surface area (Å²) in [5, 5.41) is 0. The fourth-order valence-corrected chi connectivity index (χ4v) is 4.59. The fourth-order valence-electron chi connectivity index (χ4n) is 4.59. The molecule has 0 amide bonds. The Kier molecular flexibility index (Phi) is 2.97. The highest BCUT2D eigenvalue weighted by molar-refractivity contribution is 4.92. The Balaban J connectivity index is 0.000000101. The highest BCUT2D eigenvalue weighted by atomic mass is 14.7. The Morgan fingerprint density at radius 2 is 1.00 bits per heavy atom. The van der Waals surface area contributed by atoms with Gasteiger partial charge in [-0.15, -0.1) is 0 Å². The summed E-state index contributed by atoms with van der Waals surface area (Å²) in [7, 11) is 0. The van der Waals surface area contributed by atoms with Crippen LogP contribution >= 0.6 is 0 Å². The van der Waals surface area contributed by atoms with Crippen LogP contribution in [0.1, 0.15) is 51.4 Å². The molecule has 0 aliphatic heterocycles. The van der Waals surface area contributed by atoms with Crippen LogP contribution in [0.2, 0.25) is 0 Å². The zero-order valence-corrected chi connectivity index (χ0v) is 10.3. The van der Waals surface area contributed by atoms with Crippen LogP contribution in [0.3, 0.4) is 0 Å². The predicted molar refractivity (Wildman–Crippen MR) is 66.8 cm³/mol. The van der Waals surface area contributed by atoms with Crippen molar-refractivity contribution < 1.29 is 0 Å². The van der Waals surface area contributed by atoms with Crippen molar-refractivity contribution in [2.45, 2.75) is 63.5 Å². The highest BCUT2D eigenvalue weighted by Crippen LogP contribution is 2.43. The molecule has 0 spiro atoms. The van der Waals surface area contributed by atoms with Gasteiger partial charge in [0.2, 0.25) is 0 Å². The third kappa shape index (κ3) is 2.02. The molecule has 4 aliphatic rings. The molecule has 2 nitrogen and oxygen atoms in total. The summed E-state index contributed by atoms with van der Waals surface area (Å²) in [4.78, 5) is 0. The van der Waals surface area contributed by atoms with Gasteiger partial charge in [0.1, 0.15) is 0 Å². The van der Waals surface area contributed by atoms with Gasteiger partial charge < -0.3 is 11.5 Å². The molecule has 4 N–H and O–H groups in total. The van der Waals surface area contributed by atoms with E-state index in [1.165, 1.54) is 51.4 Å². The minimum atomic E-state index is 0.578. The van der Waals surface area contributed by atoms with Crippen LogP contribution < -0.4 is 11.5 Å². The van der Waals surface area contributed by atoms with Crippen LogP contribution in [0.4, 0.5) is 0 Å². The summed E-state index contributed by atoms with van der Waals surface area (Å²) < 4.78 is 0. The van der Waals surface area contributed by atoms with Crippen molar-refractivity contribution in [2.24, 2.45) is 35.1 Å². The second-order valence-corrected chi connectivity index (χ2v) is 6.68. The molecule has 0 aromatic heterocycles. The largest absolute Gasteiger partial charge is 0.327 e. The Hall–Kier alpha value is -0.0800. The van der Waals surface area contributed by atoms with Gasteiger partial charge in [-0.25, -0.2) is 0 Å². The third-order valence-electron chi connectivity index (χ3n) is 5.59. The van der Waals surface area contributed by atoms with E-state index in [2.05, 4.69) is 0 Å². The smallest absolute Gasteiger partial charge is 0.00699 e. The summed E-state index contributed by atoms with van der Waals surface area (Å²) in [6.45, 7) is 0. The molecule has 16 heavy (non-hydrogen) atoms. The third-order valence-corrected chi connectivity index (χ3v) is 5.59. The lowest BCUT2D eigenvalue weighted by molar-refractivity contribution is 0.418. The van der Waals surface area contributed by atoms with Crippen LogP contribution in [0.15, 0.2) is 0 Å². The number of fused-ring (bicyclic) bond motifs is 4. The van der Waals surface area contributed by atoms with Gasteiger partial charge in [0.15, 0.2) is 0 Å². The summed E-state index contributed by atoms with van der Waals surface area (Å²) in [5.41, 5.74) is 11.6. The van der Waals surface area contributed by atoms with E-state index >= 15 is 0 Å². The van der Waals surface area contributed by atoms with Gasteiger partial charge in [0.05, 0.1) is 0 Å². The summed E-state index contributed by atoms with van der Waals surface area (Å²) >= 11 is 0. The molecule has 0 aromatic rings. The van der Waals surface area contributed by atoms with Gasteiger partial charge in [-0.3, -0.25) is 0 Å². The van der Waals surface area contributed by atoms with E-state index in [1.807, 2.05) is 0 Å². The Morgan fingerprint density at radius 1 is 0.562 bits per heavy atom. The fraction of sp³-hybridized carbons (Fsp3) is 1.00. The first-order chi connectivity index (χ1) is 7.72. The van der Waals surface area contributed by atoms with Crippen molar-refractivity contribution in [3.63, 3.8) is 0 Å². The van der Waals surface area contributed by atoms with Gasteiger partial charge in [-0.2, -0.15) is 0 Å². The Morgan fingerprint density at radius 3 is 1.12 bits per heavy atom. The molecule has 0 radical (unpaired) electrons. The molecular weight excluding hydrogens is 196 g/mol. The first-order valence-corrected chi connectivity index (χ1v) is 7.23. The molecule has 4 saturated carbocycles. The first kappa shape index (κ1) is 11.0. The number of hydrogen-bond donors (Lipinski definition) is 2. The summed E-state index contributed by atoms with van der Waals surface area (Å²) in [6.07, 6.45) is 11.3. The molecule has 4 rings (SSSR count). The standard InChI is InChI=1S/2C7H13N/c2*8-7-4-5-1-2-6(7)3-5/h2*5-7H,1-4,8H2. The quantitative estimate of drug-likeness (QED) is 0.660. The van der Waals surface area contributed by atoms with Crippen LogP contribution in [0.25, 0.3) is 0 Å². The molecule has 4 aliphatic carbocycles. The molecule has 6 atom stereocenters. The minimum Gasteiger partial charge on any atom is -0.327 e. The van der Waals surface area contributed by atoms with Crippen LogP contribution in [0.5, 0.6) is 0 Å². The molecule has 6 unspecified atom stereocenters. The number of rotatable bonds is 0. The van der Waals surface area contributed by atoms with E-state index in [0.29, 0.717) is 12.1 Å². The second-order valence-electron chi connectivity index (χ2n) is 6.68. The van der Waals surface area contributed by atoms with Crippen molar-refractivity contribution in [3.05, 3.63) is 0 Å². The van der Waals surface area contributed by atoms with Gasteiger partial charge >= 0.3 is 0 Å². The van der Waals surface area contributed by atoms with E-state index in [1.54, 1.807) is 0 Å². The molecule has 4 fully saturated rings.